The van der Waals surface area contributed by atoms with E-state index in [9.17, 15) is 14.4 Å². The number of benzene rings is 3. The molecule has 1 fully saturated rings. The van der Waals surface area contributed by atoms with Crippen molar-refractivity contribution in [2.45, 2.75) is 82.3 Å². The molecule has 2 amide bonds. The molecule has 2 aliphatic heterocycles. The Morgan fingerprint density at radius 2 is 1.55 bits per heavy atom. The van der Waals surface area contributed by atoms with Gasteiger partial charge in [0.2, 0.25) is 0 Å². The van der Waals surface area contributed by atoms with E-state index in [1.54, 1.807) is 26.2 Å². The number of β-lactam (4-membered cyclic amide) rings is 1. The second kappa shape index (κ2) is 17.6. The molecule has 12 heteroatoms. The Hall–Kier alpha value is -5.56. The Morgan fingerprint density at radius 1 is 0.917 bits per heavy atom. The quantitative estimate of drug-likeness (QED) is 0.0539. The number of pyridine rings is 1. The van der Waals surface area contributed by atoms with Crippen molar-refractivity contribution < 1.29 is 28.4 Å². The number of fused-ring (bicyclic) bond motifs is 2. The first-order chi connectivity index (χ1) is 29.1. The number of aryl methyl sites for hydroxylation is 1. The largest absolute Gasteiger partial charge is 0.455 e. The zero-order valence-corrected chi connectivity index (χ0v) is 35.9. The number of hydrogen-bond donors (Lipinski definition) is 2. The molecule has 60 heavy (non-hydrogen) atoms. The molecule has 308 valence electrons. The van der Waals surface area contributed by atoms with Crippen LogP contribution in [0.2, 0.25) is 0 Å². The third-order valence-corrected chi connectivity index (χ3v) is 13.1. The molecule has 0 bridgehead atoms. The van der Waals surface area contributed by atoms with Crippen LogP contribution in [0.25, 0.3) is 0 Å². The summed E-state index contributed by atoms with van der Waals surface area (Å²) in [6.45, 7) is 6.06. The van der Waals surface area contributed by atoms with Gasteiger partial charge in [-0.05, 0) is 74.9 Å². The number of thioether (sulfide) groups is 1. The highest BCUT2D eigenvalue weighted by Gasteiger charge is 2.54. The highest BCUT2D eigenvalue weighted by atomic mass is 32.2. The van der Waals surface area contributed by atoms with Crippen LogP contribution >= 0.6 is 23.1 Å². The van der Waals surface area contributed by atoms with Gasteiger partial charge in [0.25, 0.3) is 11.8 Å². The van der Waals surface area contributed by atoms with Crippen LogP contribution in [0.15, 0.2) is 137 Å². The molecule has 1 unspecified atom stereocenters. The molecule has 3 aromatic carbocycles. The van der Waals surface area contributed by atoms with Crippen LogP contribution in [0.1, 0.15) is 73.4 Å². The predicted octanol–water partition coefficient (Wildman–Crippen LogP) is 7.65. The Kier molecular flexibility index (Phi) is 12.1. The number of methoxy groups -OCH3 is 1. The number of aromatic nitrogens is 2. The fourth-order valence-corrected chi connectivity index (χ4v) is 10.4. The fourth-order valence-electron chi connectivity index (χ4n) is 8.38. The monoisotopic (exact) mass is 840 g/mol. The fraction of sp³-hybridized carbons (Fsp3) is 0.312. The van der Waals surface area contributed by atoms with Crippen LogP contribution in [0, 0.1) is 0 Å². The minimum absolute atomic E-state index is 0.204. The van der Waals surface area contributed by atoms with Gasteiger partial charge in [0.05, 0.1) is 11.7 Å². The molecule has 3 atom stereocenters. The molecule has 0 saturated carbocycles. The number of esters is 1. The molecule has 1 aliphatic carbocycles. The molecule has 5 aromatic rings. The number of allylic oxidation sites excluding steroid dienone is 2. The maximum absolute atomic E-state index is 14.0. The Labute approximate surface area is 359 Å². The molecular formula is C48H50N5O5S2+. The number of thiazole rings is 1. The first-order valence-corrected chi connectivity index (χ1v) is 22.3. The molecular weight excluding hydrogens is 791 g/mol. The minimum Gasteiger partial charge on any atom is -0.455 e. The van der Waals surface area contributed by atoms with Crippen molar-refractivity contribution in [2.75, 3.05) is 18.2 Å². The van der Waals surface area contributed by atoms with Gasteiger partial charge in [-0.15, -0.1) is 23.1 Å². The van der Waals surface area contributed by atoms with Crippen LogP contribution in [0.3, 0.4) is 0 Å². The van der Waals surface area contributed by atoms with E-state index in [4.69, 9.17) is 14.5 Å². The van der Waals surface area contributed by atoms with Crippen molar-refractivity contribution in [1.29, 1.82) is 0 Å². The zero-order chi connectivity index (χ0) is 41.9. The number of ether oxygens (including phenoxy) is 2. The molecule has 4 heterocycles. The second-order valence-electron chi connectivity index (χ2n) is 16.2. The maximum atomic E-state index is 14.0. The van der Waals surface area contributed by atoms with Crippen molar-refractivity contribution in [3.05, 3.63) is 171 Å². The first kappa shape index (κ1) is 41.2. The lowest BCUT2D eigenvalue weighted by atomic mass is 9.77. The average Bonchev–Trinajstić information content (AvgIpc) is 3.72. The Bertz CT molecular complexity index is 2310. The van der Waals surface area contributed by atoms with Gasteiger partial charge in [0.15, 0.2) is 29.7 Å². The number of rotatable bonds is 13. The SMILES string of the molecule is COC(C(=O)N[C@@H]1C(=O)N2C(C(=O)OC(C)(C)C)=C(/C=C/C[n+]3cccc4c3CCCC4)SC[C@H]12)c1csc(NC(c2ccccc2)(c2ccccc2)c2ccccc2)n1. The van der Waals surface area contributed by atoms with Gasteiger partial charge < -0.3 is 20.1 Å². The number of carbonyl (C=O) groups is 3. The van der Waals surface area contributed by atoms with E-state index in [2.05, 4.69) is 69.9 Å². The van der Waals surface area contributed by atoms with Gasteiger partial charge in [-0.1, -0.05) is 91.0 Å². The topological polar surface area (TPSA) is 114 Å². The molecule has 2 aromatic heterocycles. The second-order valence-corrected chi connectivity index (χ2v) is 18.1. The molecule has 3 aliphatic rings. The van der Waals surface area contributed by atoms with Gasteiger partial charge >= 0.3 is 5.97 Å². The van der Waals surface area contributed by atoms with Gasteiger partial charge in [0.1, 0.15) is 22.9 Å². The Balaban J connectivity index is 1.02. The standard InChI is InChI=1S/C48H49N5O5S2/c1-47(2,3)58-45(56)41-39(27-17-29-52-28-16-19-32-18-14-15-26-37(32)52)59-31-38-40(44(55)53(38)41)50-43(54)42(57-4)36-30-60-46(49-36)51-48(33-20-8-5-9-21-33,34-22-10-6-11-23-34)35-24-12-7-13-25-35/h5-13,16-17,19-25,27-28,30,38,40,42H,14-15,18,26,29,31H2,1-4H3,(H-,49,50,51,54)/p+1/b27-17+/t38-,40+,42?/m1/s1. The zero-order valence-electron chi connectivity index (χ0n) is 34.3. The van der Waals surface area contributed by atoms with E-state index >= 15 is 0 Å². The molecule has 0 radical (unpaired) electrons. The summed E-state index contributed by atoms with van der Waals surface area (Å²) >= 11 is 2.86. The van der Waals surface area contributed by atoms with E-state index in [1.807, 2.05) is 66.7 Å². The van der Waals surface area contributed by atoms with E-state index in [1.165, 1.54) is 59.2 Å². The molecule has 2 N–H and O–H groups in total. The third kappa shape index (κ3) is 8.28. The Morgan fingerprint density at radius 3 is 2.17 bits per heavy atom. The normalized spacial score (nSPS) is 18.3. The van der Waals surface area contributed by atoms with Crippen molar-refractivity contribution in [3.8, 4) is 0 Å². The number of hydrogen-bond acceptors (Lipinski definition) is 9. The van der Waals surface area contributed by atoms with E-state index in [0.717, 1.165) is 29.5 Å². The van der Waals surface area contributed by atoms with E-state index in [0.29, 0.717) is 28.0 Å². The number of nitrogens with one attached hydrogen (secondary N) is 2. The summed E-state index contributed by atoms with van der Waals surface area (Å²) < 4.78 is 13.9. The lowest BCUT2D eigenvalue weighted by Gasteiger charge is -2.50. The highest BCUT2D eigenvalue weighted by molar-refractivity contribution is 8.03. The molecule has 1 saturated heterocycles. The summed E-state index contributed by atoms with van der Waals surface area (Å²) in [6.07, 6.45) is 9.48. The van der Waals surface area contributed by atoms with Crippen molar-refractivity contribution in [1.82, 2.24) is 15.2 Å². The van der Waals surface area contributed by atoms with Crippen LogP contribution < -0.4 is 15.2 Å². The maximum Gasteiger partial charge on any atom is 0.356 e. The third-order valence-electron chi connectivity index (χ3n) is 11.1. The molecule has 8 rings (SSSR count). The van der Waals surface area contributed by atoms with Crippen molar-refractivity contribution in [3.63, 3.8) is 0 Å². The van der Waals surface area contributed by atoms with Gasteiger partial charge in [-0.2, -0.15) is 4.57 Å². The van der Waals surface area contributed by atoms with Crippen LogP contribution in [0.5, 0.6) is 0 Å². The average molecular weight is 841 g/mol. The number of nitrogens with zero attached hydrogens (tertiary/aromatic N) is 3. The van der Waals surface area contributed by atoms with E-state index < -0.39 is 41.2 Å². The van der Waals surface area contributed by atoms with Gasteiger partial charge in [0, 0.05) is 41.2 Å². The lowest BCUT2D eigenvalue weighted by molar-refractivity contribution is -0.695. The number of amides is 2. The summed E-state index contributed by atoms with van der Waals surface area (Å²) in [6, 6.07) is 33.6. The summed E-state index contributed by atoms with van der Waals surface area (Å²) in [5, 5.41) is 9.10. The molecule has 10 nitrogen and oxygen atoms in total. The predicted molar refractivity (Wildman–Crippen MR) is 235 cm³/mol. The first-order valence-electron chi connectivity index (χ1n) is 20.4. The smallest absolute Gasteiger partial charge is 0.356 e. The van der Waals surface area contributed by atoms with Crippen LogP contribution in [-0.4, -0.2) is 58.2 Å². The molecule has 0 spiro atoms. The number of anilines is 1. The van der Waals surface area contributed by atoms with Crippen molar-refractivity contribution >= 4 is 46.0 Å². The number of carbonyl (C=O) groups excluding carboxylic acids is 3. The van der Waals surface area contributed by atoms with Crippen LogP contribution in [0.4, 0.5) is 5.13 Å². The van der Waals surface area contributed by atoms with E-state index in [-0.39, 0.29) is 11.6 Å². The van der Waals surface area contributed by atoms with Crippen molar-refractivity contribution in [2.24, 2.45) is 0 Å². The van der Waals surface area contributed by atoms with Crippen LogP contribution in [-0.2, 0) is 48.8 Å². The summed E-state index contributed by atoms with van der Waals surface area (Å²) in [5.41, 5.74) is 4.83. The summed E-state index contributed by atoms with van der Waals surface area (Å²) in [4.78, 5) is 48.9. The highest BCUT2D eigenvalue weighted by Crippen LogP contribution is 2.43. The minimum atomic E-state index is -1.09. The summed E-state index contributed by atoms with van der Waals surface area (Å²) in [7, 11) is 1.45. The van der Waals surface area contributed by atoms with Gasteiger partial charge in [-0.25, -0.2) is 9.78 Å². The lowest BCUT2D eigenvalue weighted by Crippen LogP contribution is -2.72. The van der Waals surface area contributed by atoms with Gasteiger partial charge in [-0.3, -0.25) is 14.5 Å². The summed E-state index contributed by atoms with van der Waals surface area (Å²) in [5.74, 6) is -0.952.